The van der Waals surface area contributed by atoms with Crippen molar-refractivity contribution in [3.8, 4) is 0 Å². The highest BCUT2D eigenvalue weighted by Gasteiger charge is 2.22. The molecule has 6 aromatic carbocycles. The third-order valence-electron chi connectivity index (χ3n) is 23.3. The summed E-state index contributed by atoms with van der Waals surface area (Å²) in [5, 5.41) is 114. The Hall–Kier alpha value is -17.6. The van der Waals surface area contributed by atoms with Gasteiger partial charge >= 0.3 is 0 Å². The average molecular weight is 2070 g/mol. The third-order valence-corrected chi connectivity index (χ3v) is 25.0. The van der Waals surface area contributed by atoms with Crippen LogP contribution in [-0.4, -0.2) is 165 Å². The second kappa shape index (κ2) is 41.1. The zero-order valence-electron chi connectivity index (χ0n) is 78.1. The van der Waals surface area contributed by atoms with E-state index in [4.69, 9.17) is 78.7 Å². The normalized spacial score (nSPS) is 11.4. The highest BCUT2D eigenvalue weighted by atomic mass is 35.5. The van der Waals surface area contributed by atoms with E-state index in [0.717, 1.165) is 208 Å². The zero-order valence-corrected chi connectivity index (χ0v) is 82.7. The number of rotatable bonds is 22. The Bertz CT molecular complexity index is 9090. The van der Waals surface area contributed by atoms with Crippen molar-refractivity contribution in [3.63, 3.8) is 0 Å². The zero-order chi connectivity index (χ0) is 100. The molecule has 47 heteroatoms. The van der Waals surface area contributed by atoms with Crippen LogP contribution in [0.2, 0.25) is 30.9 Å². The maximum Gasteiger partial charge on any atom is 0.178 e. The molecule has 0 radical (unpaired) electrons. The number of nitrogens with zero attached hydrogens (tertiary/aromatic N) is 26. The van der Waals surface area contributed by atoms with Crippen molar-refractivity contribution >= 4 is 270 Å². The number of H-pyrrole nitrogens is 6. The van der Waals surface area contributed by atoms with Gasteiger partial charge in [-0.1, -0.05) is 99.8 Å². The summed E-state index contributed by atoms with van der Waals surface area (Å²) in [6.07, 6.45) is 12.6. The number of hydrogen-bond donors (Lipinski definition) is 13. The fourth-order valence-corrected chi connectivity index (χ4v) is 18.0. The van der Waals surface area contributed by atoms with Gasteiger partial charge in [-0.15, -0.1) is 0 Å². The van der Waals surface area contributed by atoms with Crippen LogP contribution in [0, 0.1) is 13.8 Å². The summed E-state index contributed by atoms with van der Waals surface area (Å²) in [7, 11) is 1.87. The van der Waals surface area contributed by atoms with Crippen molar-refractivity contribution in [2.75, 3.05) is 31.9 Å². The molecule has 0 saturated carbocycles. The van der Waals surface area contributed by atoms with Crippen LogP contribution in [0.3, 0.4) is 0 Å². The van der Waals surface area contributed by atoms with Crippen molar-refractivity contribution < 1.29 is 14.2 Å². The second-order valence-corrected chi connectivity index (χ2v) is 36.0. The van der Waals surface area contributed by atoms with E-state index in [1.165, 1.54) is 0 Å². The van der Waals surface area contributed by atoms with Gasteiger partial charge in [-0.25, -0.2) is 0 Å². The Kier molecular flexibility index (Phi) is 26.6. The van der Waals surface area contributed by atoms with Crippen molar-refractivity contribution in [1.82, 2.24) is 160 Å². The predicted molar refractivity (Wildman–Crippen MR) is 570 cm³/mol. The molecular formula is C99H84Cl6N38O3. The van der Waals surface area contributed by atoms with Gasteiger partial charge in [-0.2, -0.15) is 61.2 Å². The van der Waals surface area contributed by atoms with Crippen LogP contribution >= 0.6 is 69.6 Å². The summed E-state index contributed by atoms with van der Waals surface area (Å²) in [5.74, 6) is 5.53. The first-order chi connectivity index (χ1) is 71.1. The van der Waals surface area contributed by atoms with Gasteiger partial charge in [0.2, 0.25) is 0 Å². The fourth-order valence-electron chi connectivity index (χ4n) is 16.5. The summed E-state index contributed by atoms with van der Waals surface area (Å²) in [6.45, 7) is 15.6. The first-order valence-corrected chi connectivity index (χ1v) is 47.9. The van der Waals surface area contributed by atoms with E-state index in [9.17, 15) is 5.11 Å². The number of nitrogens with one attached hydrogen (secondary N) is 12. The molecule has 0 aliphatic rings. The first-order valence-electron chi connectivity index (χ1n) is 45.6. The predicted octanol–water partition coefficient (Wildman–Crippen LogP) is 23.9. The van der Waals surface area contributed by atoms with E-state index in [2.05, 4.69) is 191 Å². The van der Waals surface area contributed by atoms with Crippen LogP contribution in [-0.2, 0) is 33.2 Å². The number of allylic oxidation sites excluding steroid dienone is 1. The molecule has 20 aromatic heterocycles. The van der Waals surface area contributed by atoms with Gasteiger partial charge in [0.1, 0.15) is 56.9 Å². The number of benzene rings is 6. The number of pyridine rings is 6. The molecule has 0 amide bonds. The Morgan fingerprint density at radius 2 is 0.671 bits per heavy atom. The van der Waals surface area contributed by atoms with Gasteiger partial charge < -0.3 is 46.1 Å². The number of halogens is 6. The van der Waals surface area contributed by atoms with Crippen LogP contribution in [0.4, 0.5) is 69.0 Å². The summed E-state index contributed by atoms with van der Waals surface area (Å²) in [5.41, 5.74) is 22.5. The summed E-state index contributed by atoms with van der Waals surface area (Å²) in [6, 6.07) is 62.0. The molecule has 41 nitrogen and oxygen atoms in total. The average Bonchev–Trinajstić information content (AvgIpc) is 1.68. The minimum atomic E-state index is 0.0207. The molecule has 0 bridgehead atoms. The third kappa shape index (κ3) is 20.1. The monoisotopic (exact) mass is 2060 g/mol. The van der Waals surface area contributed by atoms with E-state index < -0.39 is 0 Å². The topological polar surface area (TPSA) is 501 Å². The molecule has 0 unspecified atom stereocenters. The number of hydrogen-bond acceptors (Lipinski definition) is 29. The fraction of sp³-hybridized carbons (Fsp3) is 0.131. The number of aliphatic hydroxyl groups is 1. The number of fused-ring (bicyclic) bond motifs is 12. The number of aromatic amines is 6. The number of unbranched alkanes of at least 4 members (excludes halogenated alkanes) is 1. The molecule has 0 saturated heterocycles. The molecule has 13 N–H and O–H groups in total. The Morgan fingerprint density at radius 3 is 1.01 bits per heavy atom. The van der Waals surface area contributed by atoms with E-state index in [1.54, 1.807) is 51.2 Å². The highest BCUT2D eigenvalue weighted by Crippen LogP contribution is 2.38. The Balaban J connectivity index is 0.000000103. The quantitative estimate of drug-likeness (QED) is 0.0280. The van der Waals surface area contributed by atoms with Crippen LogP contribution in [0.15, 0.2) is 253 Å². The van der Waals surface area contributed by atoms with Gasteiger partial charge in [0.25, 0.3) is 0 Å². The van der Waals surface area contributed by atoms with E-state index in [1.807, 2.05) is 229 Å². The molecule has 26 aromatic rings. The van der Waals surface area contributed by atoms with Crippen molar-refractivity contribution in [3.05, 3.63) is 297 Å². The molecule has 0 aliphatic heterocycles. The van der Waals surface area contributed by atoms with Crippen molar-refractivity contribution in [2.24, 2.45) is 7.05 Å². The highest BCUT2D eigenvalue weighted by molar-refractivity contribution is 6.37. The lowest BCUT2D eigenvalue weighted by Crippen LogP contribution is -2.02. The second-order valence-electron chi connectivity index (χ2n) is 33.9. The summed E-state index contributed by atoms with van der Waals surface area (Å²) in [4.78, 5) is 26.1. The van der Waals surface area contributed by atoms with Crippen molar-refractivity contribution in [2.45, 2.75) is 79.7 Å². The van der Waals surface area contributed by atoms with Gasteiger partial charge in [0.05, 0.1) is 85.0 Å². The van der Waals surface area contributed by atoms with Gasteiger partial charge in [0, 0.05) is 135 Å². The molecule has 146 heavy (non-hydrogen) atoms. The minimum absolute atomic E-state index is 0.0207. The van der Waals surface area contributed by atoms with Crippen molar-refractivity contribution in [1.29, 1.82) is 0 Å². The molecule has 26 rings (SSSR count). The van der Waals surface area contributed by atoms with Crippen LogP contribution in [0.25, 0.3) is 132 Å². The molecule has 0 aliphatic carbocycles. The SMILES string of the molecule is C=C(O)Cn1nc(Cl)c2cc(Nc3n[nH]c4cccnc34)ccc21.CC(C)n1nc(Cl)c2cc(Nc3n[nH]c4cccnc34)ccc21.CCCCn1nc(Cl)c2cc(Nc3n[nH]c4cccnc34)ccc21.Cc1cc(Cn2nc(Cl)c3cc(Nc4n[nH]c5cccnc45)ccc32)no1.Cc1cc(Cn2nc(Cl)c3cc(Nc4n[nH]c5cccnc45)ccc32)on1.Cn1nc(Cl)c2cc(Nc3n[nH]c4cccnc34)ccc21. The van der Waals surface area contributed by atoms with E-state index in [0.29, 0.717) is 78.9 Å². The Morgan fingerprint density at radius 1 is 0.363 bits per heavy atom. The van der Waals surface area contributed by atoms with Gasteiger partial charge in [-0.05, 0) is 216 Å². The lowest BCUT2D eigenvalue weighted by molar-refractivity contribution is 0.370. The minimum Gasteiger partial charge on any atom is -0.511 e. The summed E-state index contributed by atoms with van der Waals surface area (Å²) < 4.78 is 21.3. The first kappa shape index (κ1) is 94.6. The maximum atomic E-state index is 9.37. The van der Waals surface area contributed by atoms with E-state index >= 15 is 0 Å². The number of aromatic nitrogens is 32. The Labute approximate surface area is 854 Å². The standard InChI is InChI=1S/2C18H14ClN7O.C17H17ClN6.C16H13ClN6O.C16H15ClN6.C14H11ClN6/c1-10-7-12(25-27-10)9-26-15-5-4-11(8-13(15)17(19)24-26)21-18-16-14(22-23-18)3-2-6-20-16;1-10-7-12(27-25-10)9-26-15-5-4-11(8-13(15)17(19)24-26)21-18-16-14(22-23-18)3-2-6-20-16;1-2-3-9-24-14-7-6-11(10-12(14)16(18)23-24)20-17-15-13(21-22-17)5-4-8-19-15;1-9(24)8-23-13-5-4-10(7-11(13)15(17)22-23)19-16-14-12(20-21-16)3-2-6-18-14;1-9(2)23-13-6-5-10(8-11(13)15(17)22-23)19-16-14-12(20-21-16)4-3-7-18-14;1-21-11-5-4-8(7-9(11)13(15)20-21)17-14-12-10(18-19-14)3-2-6-16-12/h2*2-8H,9H2,1H3,(H2,21,22,23);4-8,10H,2-3,9H2,1H3,(H2,20,21,22);2-7,24H,1,8H2,(H2,19,20,21);3-9H,1-2H3,(H2,19,20,21);2-7H,1H3,(H2,17,18,19). The maximum absolute atomic E-state index is 9.37. The summed E-state index contributed by atoms with van der Waals surface area (Å²) >= 11 is 37.6. The largest absolute Gasteiger partial charge is 0.511 e. The number of aryl methyl sites for hydroxylation is 4. The lowest BCUT2D eigenvalue weighted by atomic mass is 10.2. The molecular weight excluding hydrogens is 1980 g/mol. The van der Waals surface area contributed by atoms with Gasteiger partial charge in [0.15, 0.2) is 71.6 Å². The molecule has 0 atom stereocenters. The molecule has 730 valence electrons. The van der Waals surface area contributed by atoms with E-state index in [-0.39, 0.29) is 18.3 Å². The van der Waals surface area contributed by atoms with Crippen LogP contribution in [0.1, 0.15) is 62.6 Å². The smallest absolute Gasteiger partial charge is 0.178 e. The van der Waals surface area contributed by atoms with Crippen LogP contribution in [0.5, 0.6) is 0 Å². The number of aliphatic hydroxyl groups excluding tert-OH is 1. The lowest BCUT2D eigenvalue weighted by Gasteiger charge is -2.07. The molecule has 0 fully saturated rings. The molecule has 0 spiro atoms. The number of anilines is 12. The van der Waals surface area contributed by atoms with Gasteiger partial charge in [-0.3, -0.25) is 88.6 Å². The molecule has 20 heterocycles. The van der Waals surface area contributed by atoms with Crippen LogP contribution < -0.4 is 31.9 Å².